The number of ether oxygens (including phenoxy) is 2. The van der Waals surface area contributed by atoms with E-state index in [-0.39, 0.29) is 18.1 Å². The van der Waals surface area contributed by atoms with Gasteiger partial charge in [-0.3, -0.25) is 9.59 Å². The molecule has 38 heavy (non-hydrogen) atoms. The van der Waals surface area contributed by atoms with E-state index in [2.05, 4.69) is 24.3 Å². The van der Waals surface area contributed by atoms with E-state index in [0.29, 0.717) is 17.7 Å². The van der Waals surface area contributed by atoms with Crippen LogP contribution in [0.2, 0.25) is 0 Å². The first-order valence-corrected chi connectivity index (χ1v) is 13.1. The van der Waals surface area contributed by atoms with Crippen LogP contribution in [0, 0.1) is 0 Å². The first kappa shape index (κ1) is 25.7. The lowest BCUT2D eigenvalue weighted by atomic mass is 9.88. The van der Waals surface area contributed by atoms with Crippen molar-refractivity contribution in [3.05, 3.63) is 95.3 Å². The van der Waals surface area contributed by atoms with Crippen molar-refractivity contribution in [3.63, 3.8) is 0 Å². The van der Waals surface area contributed by atoms with Gasteiger partial charge in [0.15, 0.2) is 6.61 Å². The van der Waals surface area contributed by atoms with E-state index < -0.39 is 17.0 Å². The number of hydrogen-bond acceptors (Lipinski definition) is 5. The lowest BCUT2D eigenvalue weighted by molar-refractivity contribution is -0.142. The molecular formula is C31H28ClNO5. The van der Waals surface area contributed by atoms with E-state index in [1.165, 1.54) is 7.11 Å². The molecule has 2 heterocycles. The fraction of sp³-hybridized carbons (Fsp3) is 0.258. The van der Waals surface area contributed by atoms with E-state index in [4.69, 9.17) is 21.1 Å². The van der Waals surface area contributed by atoms with Gasteiger partial charge in [0.25, 0.3) is 5.24 Å². The Morgan fingerprint density at radius 3 is 2.37 bits per heavy atom. The summed E-state index contributed by atoms with van der Waals surface area (Å²) in [5, 5.41) is -1.05. The molecule has 1 aliphatic rings. The van der Waals surface area contributed by atoms with Crippen LogP contribution in [0.1, 0.15) is 58.8 Å². The molecular weight excluding hydrogens is 502 g/mol. The number of hydrogen-bond donors (Lipinski definition) is 0. The summed E-state index contributed by atoms with van der Waals surface area (Å²) >= 11 is 5.81. The Bertz CT molecular complexity index is 1500. The summed E-state index contributed by atoms with van der Waals surface area (Å²) in [6.45, 7) is -0.325. The van der Waals surface area contributed by atoms with Crippen LogP contribution in [-0.2, 0) is 20.7 Å². The van der Waals surface area contributed by atoms with Crippen molar-refractivity contribution in [1.29, 1.82) is 0 Å². The van der Waals surface area contributed by atoms with Crippen LogP contribution in [0.5, 0.6) is 5.75 Å². The summed E-state index contributed by atoms with van der Waals surface area (Å²) < 4.78 is 12.5. The number of ketones is 1. The second-order valence-electron chi connectivity index (χ2n) is 9.48. The van der Waals surface area contributed by atoms with Crippen molar-refractivity contribution in [3.8, 4) is 16.9 Å². The molecule has 1 aliphatic carbocycles. The zero-order valence-corrected chi connectivity index (χ0v) is 21.9. The number of halogens is 1. The number of aromatic nitrogens is 1. The van der Waals surface area contributed by atoms with Crippen LogP contribution in [0.15, 0.2) is 72.9 Å². The van der Waals surface area contributed by atoms with Gasteiger partial charge in [-0.25, -0.2) is 4.79 Å². The Morgan fingerprint density at radius 1 is 0.947 bits per heavy atom. The predicted octanol–water partition coefficient (Wildman–Crippen LogP) is 6.35. The number of carbonyl (C=O) groups excluding carboxylic acids is 3. The summed E-state index contributed by atoms with van der Waals surface area (Å²) in [6, 6.07) is 21.9. The second-order valence-corrected chi connectivity index (χ2v) is 9.82. The van der Waals surface area contributed by atoms with E-state index in [9.17, 15) is 14.4 Å². The standard InChI is InChI=1S/C31H28ClNO5/c1-37-26(34)19-38-25-16-9-17-33-24(18-22-14-7-8-15-23(22)20-10-3-2-4-11-20)27(21-12-5-6-13-21)28(29(25)33)30(35)31(32)36/h2-4,7-11,14-17,21H,5-6,12-13,18-19H2,1H3. The maximum Gasteiger partial charge on any atom is 0.343 e. The third-order valence-electron chi connectivity index (χ3n) is 7.27. The minimum absolute atomic E-state index is 0.109. The highest BCUT2D eigenvalue weighted by molar-refractivity contribution is 6.83. The van der Waals surface area contributed by atoms with Gasteiger partial charge in [-0.2, -0.15) is 0 Å². The molecule has 7 heteroatoms. The smallest absolute Gasteiger partial charge is 0.343 e. The van der Waals surface area contributed by atoms with Gasteiger partial charge in [-0.05, 0) is 64.7 Å². The van der Waals surface area contributed by atoms with Crippen molar-refractivity contribution in [2.24, 2.45) is 0 Å². The summed E-state index contributed by atoms with van der Waals surface area (Å²) in [4.78, 5) is 37.5. The van der Waals surface area contributed by atoms with Gasteiger partial charge < -0.3 is 13.9 Å². The van der Waals surface area contributed by atoms with Gasteiger partial charge in [-0.15, -0.1) is 0 Å². The number of nitrogens with zero attached hydrogens (tertiary/aromatic N) is 1. The first-order valence-electron chi connectivity index (χ1n) is 12.7. The average molecular weight is 530 g/mol. The summed E-state index contributed by atoms with van der Waals surface area (Å²) in [7, 11) is 1.28. The van der Waals surface area contributed by atoms with Gasteiger partial charge >= 0.3 is 5.97 Å². The third kappa shape index (κ3) is 4.96. The molecule has 0 amide bonds. The number of rotatable bonds is 9. The Morgan fingerprint density at radius 2 is 1.66 bits per heavy atom. The van der Waals surface area contributed by atoms with Gasteiger partial charge in [0.1, 0.15) is 5.75 Å². The topological polar surface area (TPSA) is 74.1 Å². The molecule has 0 saturated heterocycles. The minimum Gasteiger partial charge on any atom is -0.480 e. The molecule has 2 aromatic heterocycles. The Labute approximate surface area is 226 Å². The largest absolute Gasteiger partial charge is 0.480 e. The molecule has 0 N–H and O–H groups in total. The van der Waals surface area contributed by atoms with Crippen LogP contribution >= 0.6 is 11.6 Å². The van der Waals surface area contributed by atoms with E-state index >= 15 is 0 Å². The quantitative estimate of drug-likeness (QED) is 0.109. The second kappa shape index (κ2) is 11.2. The van der Waals surface area contributed by atoms with Crippen molar-refractivity contribution in [2.75, 3.05) is 13.7 Å². The molecule has 0 aliphatic heterocycles. The minimum atomic E-state index is -1.05. The maximum absolute atomic E-state index is 13.4. The summed E-state index contributed by atoms with van der Waals surface area (Å²) in [5.41, 5.74) is 5.77. The summed E-state index contributed by atoms with van der Waals surface area (Å²) in [6.07, 6.45) is 6.33. The predicted molar refractivity (Wildman–Crippen MR) is 146 cm³/mol. The molecule has 0 bridgehead atoms. The fourth-order valence-electron chi connectivity index (χ4n) is 5.59. The molecule has 4 aromatic rings. The van der Waals surface area contributed by atoms with E-state index in [0.717, 1.165) is 53.6 Å². The van der Waals surface area contributed by atoms with Gasteiger partial charge in [0.2, 0.25) is 5.78 Å². The Kier molecular flexibility index (Phi) is 7.61. The van der Waals surface area contributed by atoms with E-state index in [1.807, 2.05) is 40.9 Å². The first-order chi connectivity index (χ1) is 18.5. The zero-order valence-electron chi connectivity index (χ0n) is 21.1. The van der Waals surface area contributed by atoms with Crippen LogP contribution in [0.25, 0.3) is 16.6 Å². The van der Waals surface area contributed by atoms with Gasteiger partial charge in [0.05, 0.1) is 18.2 Å². The van der Waals surface area contributed by atoms with E-state index in [1.54, 1.807) is 12.1 Å². The zero-order chi connectivity index (χ0) is 26.6. The number of carbonyl (C=O) groups is 3. The number of methoxy groups -OCH3 is 1. The molecule has 0 unspecified atom stereocenters. The van der Waals surface area contributed by atoms with Crippen LogP contribution in [0.3, 0.4) is 0 Å². The molecule has 0 spiro atoms. The molecule has 2 aromatic carbocycles. The lowest BCUT2D eigenvalue weighted by Gasteiger charge is -2.16. The number of pyridine rings is 1. The highest BCUT2D eigenvalue weighted by atomic mass is 35.5. The molecule has 5 rings (SSSR count). The fourth-order valence-corrected chi connectivity index (χ4v) is 5.68. The Balaban J connectivity index is 1.75. The van der Waals surface area contributed by atoms with Crippen LogP contribution in [0.4, 0.5) is 0 Å². The average Bonchev–Trinajstić information content (AvgIpc) is 3.59. The molecule has 1 saturated carbocycles. The maximum atomic E-state index is 13.4. The molecule has 0 radical (unpaired) electrons. The molecule has 194 valence electrons. The van der Waals surface area contributed by atoms with Crippen molar-refractivity contribution >= 4 is 34.1 Å². The highest BCUT2D eigenvalue weighted by Gasteiger charge is 2.34. The molecule has 0 atom stereocenters. The Hall–Kier alpha value is -3.90. The van der Waals surface area contributed by atoms with Crippen LogP contribution in [-0.4, -0.2) is 35.1 Å². The van der Waals surface area contributed by atoms with Gasteiger partial charge in [-0.1, -0.05) is 67.4 Å². The van der Waals surface area contributed by atoms with Gasteiger partial charge in [0, 0.05) is 18.3 Å². The monoisotopic (exact) mass is 529 g/mol. The number of fused-ring (bicyclic) bond motifs is 1. The van der Waals surface area contributed by atoms with Crippen molar-refractivity contribution < 1.29 is 23.9 Å². The number of benzene rings is 2. The lowest BCUT2D eigenvalue weighted by Crippen LogP contribution is -2.14. The molecule has 6 nitrogen and oxygen atoms in total. The normalized spacial score (nSPS) is 13.5. The van der Waals surface area contributed by atoms with Crippen molar-refractivity contribution in [2.45, 2.75) is 38.0 Å². The highest BCUT2D eigenvalue weighted by Crippen LogP contribution is 2.43. The third-order valence-corrected chi connectivity index (χ3v) is 7.44. The van der Waals surface area contributed by atoms with Crippen molar-refractivity contribution in [1.82, 2.24) is 4.40 Å². The molecule has 1 fully saturated rings. The number of esters is 1. The SMILES string of the molecule is COC(=O)COc1cccn2c(Cc3ccccc3-c3ccccc3)c(C3CCCC3)c(C(=O)C(=O)Cl)c12. The number of Topliss-reactive ketones (excluding diaryl/α,β-unsaturated/α-hetero) is 1. The van der Waals surface area contributed by atoms with Crippen LogP contribution < -0.4 is 4.74 Å². The summed E-state index contributed by atoms with van der Waals surface area (Å²) in [5.74, 6) is -0.881.